The van der Waals surface area contributed by atoms with Gasteiger partial charge in [-0.2, -0.15) is 0 Å². The molecule has 8 nitrogen and oxygen atoms in total. The lowest BCUT2D eigenvalue weighted by molar-refractivity contribution is -0.138. The van der Waals surface area contributed by atoms with Crippen molar-refractivity contribution in [2.45, 2.75) is 32.6 Å². The Balaban J connectivity index is 1.36. The first-order valence-electron chi connectivity index (χ1n) is 12.2. The van der Waals surface area contributed by atoms with E-state index in [-0.39, 0.29) is 24.3 Å². The number of nitrogens with one attached hydrogen (secondary N) is 1. The molecule has 0 aliphatic carbocycles. The van der Waals surface area contributed by atoms with E-state index in [0.29, 0.717) is 51.2 Å². The number of rotatable bonds is 11. The molecule has 1 aliphatic rings. The molecule has 1 fully saturated rings. The zero-order chi connectivity index (χ0) is 25.0. The Morgan fingerprint density at radius 2 is 1.46 bits per heavy atom. The number of methoxy groups -OCH3 is 1. The number of amides is 3. The third kappa shape index (κ3) is 8.02. The van der Waals surface area contributed by atoms with E-state index in [4.69, 9.17) is 9.47 Å². The lowest BCUT2D eigenvalue weighted by Crippen LogP contribution is -2.52. The van der Waals surface area contributed by atoms with Gasteiger partial charge in [0.1, 0.15) is 11.5 Å². The number of carbonyl (C=O) groups is 3. The second-order valence-electron chi connectivity index (χ2n) is 8.52. The molecule has 1 N–H and O–H groups in total. The van der Waals surface area contributed by atoms with Crippen LogP contribution in [0.2, 0.25) is 0 Å². The van der Waals surface area contributed by atoms with Gasteiger partial charge in [0.15, 0.2) is 0 Å². The lowest BCUT2D eigenvalue weighted by Gasteiger charge is -2.35. The summed E-state index contributed by atoms with van der Waals surface area (Å²) in [7, 11) is 1.63. The summed E-state index contributed by atoms with van der Waals surface area (Å²) in [6, 6.07) is 14.6. The fourth-order valence-corrected chi connectivity index (χ4v) is 3.81. The van der Waals surface area contributed by atoms with Crippen LogP contribution < -0.4 is 14.8 Å². The molecular weight excluding hydrogens is 446 g/mol. The number of hydrogen-bond acceptors (Lipinski definition) is 5. The van der Waals surface area contributed by atoms with Crippen molar-refractivity contribution in [2.24, 2.45) is 0 Å². The smallest absolute Gasteiger partial charge is 0.251 e. The van der Waals surface area contributed by atoms with Crippen molar-refractivity contribution in [3.63, 3.8) is 0 Å². The highest BCUT2D eigenvalue weighted by atomic mass is 16.5. The van der Waals surface area contributed by atoms with Crippen LogP contribution in [0.1, 0.15) is 42.1 Å². The molecule has 0 radical (unpaired) electrons. The van der Waals surface area contributed by atoms with Crippen LogP contribution in [0.3, 0.4) is 0 Å². The second-order valence-corrected chi connectivity index (χ2v) is 8.52. The molecular formula is C27H35N3O5. The van der Waals surface area contributed by atoms with Gasteiger partial charge >= 0.3 is 0 Å². The van der Waals surface area contributed by atoms with Gasteiger partial charge in [0.2, 0.25) is 11.8 Å². The summed E-state index contributed by atoms with van der Waals surface area (Å²) in [5, 5.41) is 2.69. The standard InChI is InChI=1S/C27H35N3O5/c1-3-4-19-35-24-12-8-22(9-13-24)27(33)28-20-26(32)30-17-15-29(16-18-30)25(31)14-7-21-5-10-23(34-2)11-6-21/h5-6,8-13H,3-4,7,14-20H2,1-2H3,(H,28,33). The Bertz CT molecular complexity index is 967. The van der Waals surface area contributed by atoms with Crippen LogP contribution in [0, 0.1) is 0 Å². The number of unbranched alkanes of at least 4 members (excludes halogenated alkanes) is 1. The molecule has 0 bridgehead atoms. The summed E-state index contributed by atoms with van der Waals surface area (Å²) in [5.74, 6) is 1.15. The Hall–Kier alpha value is -3.55. The molecule has 0 aromatic heterocycles. The van der Waals surface area contributed by atoms with Gasteiger partial charge in [-0.1, -0.05) is 25.5 Å². The van der Waals surface area contributed by atoms with E-state index in [2.05, 4.69) is 12.2 Å². The van der Waals surface area contributed by atoms with Gasteiger partial charge in [-0.05, 0) is 54.8 Å². The molecule has 1 heterocycles. The van der Waals surface area contributed by atoms with E-state index in [1.165, 1.54) is 0 Å². The average Bonchev–Trinajstić information content (AvgIpc) is 2.91. The van der Waals surface area contributed by atoms with Crippen LogP contribution in [0.5, 0.6) is 11.5 Å². The monoisotopic (exact) mass is 481 g/mol. The maximum atomic E-state index is 12.6. The van der Waals surface area contributed by atoms with Crippen LogP contribution >= 0.6 is 0 Å². The van der Waals surface area contributed by atoms with Crippen molar-refractivity contribution in [1.29, 1.82) is 0 Å². The van der Waals surface area contributed by atoms with Crippen molar-refractivity contribution in [3.05, 3.63) is 59.7 Å². The summed E-state index contributed by atoms with van der Waals surface area (Å²) >= 11 is 0. The first kappa shape index (κ1) is 26.1. The minimum Gasteiger partial charge on any atom is -0.497 e. The van der Waals surface area contributed by atoms with Crippen LogP contribution in [-0.4, -0.2) is 74.0 Å². The minimum absolute atomic E-state index is 0.0704. The van der Waals surface area contributed by atoms with Gasteiger partial charge in [-0.15, -0.1) is 0 Å². The molecule has 2 aromatic rings. The highest BCUT2D eigenvalue weighted by Gasteiger charge is 2.24. The SMILES string of the molecule is CCCCOc1ccc(C(=O)NCC(=O)N2CCN(C(=O)CCc3ccc(OC)cc3)CC2)cc1. The van der Waals surface area contributed by atoms with E-state index < -0.39 is 0 Å². The molecule has 35 heavy (non-hydrogen) atoms. The molecule has 0 spiro atoms. The normalized spacial score (nSPS) is 13.3. The fourth-order valence-electron chi connectivity index (χ4n) is 3.81. The lowest BCUT2D eigenvalue weighted by atomic mass is 10.1. The quantitative estimate of drug-likeness (QED) is 0.499. The summed E-state index contributed by atoms with van der Waals surface area (Å²) < 4.78 is 10.8. The third-order valence-electron chi connectivity index (χ3n) is 6.05. The Kier molecular flexibility index (Phi) is 9.95. The predicted molar refractivity (Wildman–Crippen MR) is 134 cm³/mol. The summed E-state index contributed by atoms with van der Waals surface area (Å²) in [6.45, 7) is 4.61. The molecule has 0 unspecified atom stereocenters. The molecule has 2 aromatic carbocycles. The van der Waals surface area contributed by atoms with Crippen LogP contribution in [-0.2, 0) is 16.0 Å². The van der Waals surface area contributed by atoms with Gasteiger partial charge in [-0.25, -0.2) is 0 Å². The fraction of sp³-hybridized carbons (Fsp3) is 0.444. The first-order chi connectivity index (χ1) is 17.0. The minimum atomic E-state index is -0.300. The predicted octanol–water partition coefficient (Wildman–Crippen LogP) is 2.91. The Morgan fingerprint density at radius 1 is 0.857 bits per heavy atom. The van der Waals surface area contributed by atoms with Crippen molar-refractivity contribution in [2.75, 3.05) is 46.4 Å². The maximum absolute atomic E-state index is 12.6. The number of carbonyl (C=O) groups excluding carboxylic acids is 3. The second kappa shape index (κ2) is 13.4. The highest BCUT2D eigenvalue weighted by Crippen LogP contribution is 2.14. The topological polar surface area (TPSA) is 88.2 Å². The summed E-state index contributed by atoms with van der Waals surface area (Å²) in [4.78, 5) is 41.0. The maximum Gasteiger partial charge on any atom is 0.251 e. The molecule has 1 aliphatic heterocycles. The molecule has 3 amide bonds. The zero-order valence-corrected chi connectivity index (χ0v) is 20.6. The summed E-state index contributed by atoms with van der Waals surface area (Å²) in [6.07, 6.45) is 3.14. The van der Waals surface area contributed by atoms with Gasteiger partial charge in [0.25, 0.3) is 5.91 Å². The van der Waals surface area contributed by atoms with Gasteiger partial charge in [0, 0.05) is 38.2 Å². The first-order valence-corrected chi connectivity index (χ1v) is 12.2. The van der Waals surface area contributed by atoms with E-state index in [1.54, 1.807) is 41.2 Å². The number of ether oxygens (including phenoxy) is 2. The van der Waals surface area contributed by atoms with E-state index >= 15 is 0 Å². The van der Waals surface area contributed by atoms with Gasteiger partial charge < -0.3 is 24.6 Å². The number of nitrogens with zero attached hydrogens (tertiary/aromatic N) is 2. The third-order valence-corrected chi connectivity index (χ3v) is 6.05. The summed E-state index contributed by atoms with van der Waals surface area (Å²) in [5.41, 5.74) is 1.57. The van der Waals surface area contributed by atoms with Gasteiger partial charge in [0.05, 0.1) is 20.3 Å². The van der Waals surface area contributed by atoms with E-state index in [0.717, 1.165) is 29.9 Å². The van der Waals surface area contributed by atoms with Gasteiger partial charge in [-0.3, -0.25) is 14.4 Å². The number of piperazine rings is 1. The Morgan fingerprint density at radius 3 is 2.06 bits per heavy atom. The molecule has 3 rings (SSSR count). The molecule has 1 saturated heterocycles. The average molecular weight is 482 g/mol. The largest absolute Gasteiger partial charge is 0.497 e. The van der Waals surface area contributed by atoms with Crippen molar-refractivity contribution < 1.29 is 23.9 Å². The zero-order valence-electron chi connectivity index (χ0n) is 20.6. The van der Waals surface area contributed by atoms with Crippen LogP contribution in [0.4, 0.5) is 0 Å². The highest BCUT2D eigenvalue weighted by molar-refractivity contribution is 5.96. The van der Waals surface area contributed by atoms with Crippen LogP contribution in [0.15, 0.2) is 48.5 Å². The van der Waals surface area contributed by atoms with Crippen LogP contribution in [0.25, 0.3) is 0 Å². The molecule has 0 saturated carbocycles. The molecule has 8 heteroatoms. The van der Waals surface area contributed by atoms with Crippen molar-refractivity contribution in [1.82, 2.24) is 15.1 Å². The number of hydrogen-bond donors (Lipinski definition) is 1. The van der Waals surface area contributed by atoms with E-state index in [1.807, 2.05) is 24.3 Å². The Labute approximate surface area is 207 Å². The van der Waals surface area contributed by atoms with Crippen molar-refractivity contribution in [3.8, 4) is 11.5 Å². The molecule has 0 atom stereocenters. The van der Waals surface area contributed by atoms with E-state index in [9.17, 15) is 14.4 Å². The number of benzene rings is 2. The number of aryl methyl sites for hydroxylation is 1. The molecule has 188 valence electrons. The van der Waals surface area contributed by atoms with Crippen molar-refractivity contribution >= 4 is 17.7 Å².